The van der Waals surface area contributed by atoms with E-state index in [0.717, 1.165) is 16.5 Å². The summed E-state index contributed by atoms with van der Waals surface area (Å²) in [4.78, 5) is 12.3. The van der Waals surface area contributed by atoms with Crippen LogP contribution >= 0.6 is 15.9 Å². The normalized spacial score (nSPS) is 12.1. The Hall–Kier alpha value is -1.81. The second kappa shape index (κ2) is 9.04. The fourth-order valence-electron chi connectivity index (χ4n) is 2.59. The van der Waals surface area contributed by atoms with Crippen LogP contribution < -0.4 is 10.1 Å². The number of ether oxygens (including phenoxy) is 1. The molecule has 3 nitrogen and oxygen atoms in total. The van der Waals surface area contributed by atoms with Gasteiger partial charge in [-0.05, 0) is 58.5 Å². The van der Waals surface area contributed by atoms with Gasteiger partial charge in [-0.2, -0.15) is 0 Å². The molecule has 0 aliphatic heterocycles. The van der Waals surface area contributed by atoms with Crippen LogP contribution in [0.1, 0.15) is 55.8 Å². The van der Waals surface area contributed by atoms with E-state index in [9.17, 15) is 4.79 Å². The highest BCUT2D eigenvalue weighted by Crippen LogP contribution is 2.29. The first kappa shape index (κ1) is 19.5. The Morgan fingerprint density at radius 3 is 2.32 bits per heavy atom. The van der Waals surface area contributed by atoms with Crippen molar-refractivity contribution in [2.24, 2.45) is 0 Å². The third-order valence-electron chi connectivity index (χ3n) is 4.20. The first-order valence-electron chi connectivity index (χ1n) is 8.68. The van der Waals surface area contributed by atoms with Crippen LogP contribution in [0.4, 0.5) is 0 Å². The molecule has 0 saturated carbocycles. The molecule has 2 aromatic rings. The molecule has 0 aromatic heterocycles. The number of benzene rings is 2. The second-order valence-electron chi connectivity index (χ2n) is 6.57. The predicted octanol–water partition coefficient (Wildman–Crippen LogP) is 5.53. The quantitative estimate of drug-likeness (QED) is 0.659. The summed E-state index contributed by atoms with van der Waals surface area (Å²) in [6.45, 7) is 8.41. The van der Waals surface area contributed by atoms with Gasteiger partial charge in [-0.25, -0.2) is 0 Å². The summed E-state index contributed by atoms with van der Waals surface area (Å²) < 4.78 is 6.55. The van der Waals surface area contributed by atoms with Gasteiger partial charge in [0.25, 0.3) is 5.91 Å². The zero-order chi connectivity index (χ0) is 18.4. The van der Waals surface area contributed by atoms with E-state index in [4.69, 9.17) is 4.74 Å². The molecule has 0 radical (unpaired) electrons. The Balaban J connectivity index is 1.94. The zero-order valence-electron chi connectivity index (χ0n) is 15.3. The summed E-state index contributed by atoms with van der Waals surface area (Å²) in [6, 6.07) is 14.2. The van der Waals surface area contributed by atoms with Gasteiger partial charge in [0.15, 0.2) is 6.61 Å². The smallest absolute Gasteiger partial charge is 0.258 e. The van der Waals surface area contributed by atoms with Crippen LogP contribution in [-0.4, -0.2) is 12.5 Å². The third kappa shape index (κ3) is 5.60. The number of halogens is 1. The largest absolute Gasteiger partial charge is 0.483 e. The summed E-state index contributed by atoms with van der Waals surface area (Å²) in [7, 11) is 0. The van der Waals surface area contributed by atoms with Crippen LogP contribution in [0, 0.1) is 6.92 Å². The maximum absolute atomic E-state index is 12.3. The van der Waals surface area contributed by atoms with Crippen LogP contribution in [0.15, 0.2) is 46.9 Å². The third-order valence-corrected chi connectivity index (χ3v) is 4.82. The Morgan fingerprint density at radius 2 is 1.76 bits per heavy atom. The highest BCUT2D eigenvalue weighted by molar-refractivity contribution is 9.10. The number of rotatable bonds is 7. The van der Waals surface area contributed by atoms with E-state index >= 15 is 0 Å². The van der Waals surface area contributed by atoms with Crippen LogP contribution in [0.25, 0.3) is 0 Å². The number of nitrogens with one attached hydrogen (secondary N) is 1. The lowest BCUT2D eigenvalue weighted by atomic mass is 10.0. The molecule has 0 unspecified atom stereocenters. The predicted molar refractivity (Wildman–Crippen MR) is 106 cm³/mol. The fraction of sp³-hybridized carbons (Fsp3) is 0.381. The molecular weight excluding hydrogens is 378 g/mol. The molecule has 134 valence electrons. The van der Waals surface area contributed by atoms with E-state index in [1.165, 1.54) is 11.1 Å². The lowest BCUT2D eigenvalue weighted by molar-refractivity contribution is -0.123. The van der Waals surface area contributed by atoms with Gasteiger partial charge in [0, 0.05) is 0 Å². The van der Waals surface area contributed by atoms with E-state index in [-0.39, 0.29) is 18.6 Å². The molecule has 1 N–H and O–H groups in total. The fourth-order valence-corrected chi connectivity index (χ4v) is 3.10. The van der Waals surface area contributed by atoms with E-state index in [2.05, 4.69) is 73.2 Å². The first-order chi connectivity index (χ1) is 11.9. The van der Waals surface area contributed by atoms with Crippen molar-refractivity contribution < 1.29 is 9.53 Å². The Morgan fingerprint density at radius 1 is 1.12 bits per heavy atom. The van der Waals surface area contributed by atoms with Crippen molar-refractivity contribution in [1.82, 2.24) is 5.32 Å². The van der Waals surface area contributed by atoms with Crippen molar-refractivity contribution in [2.45, 2.75) is 46.1 Å². The average Bonchev–Trinajstić information content (AvgIpc) is 2.59. The summed E-state index contributed by atoms with van der Waals surface area (Å²) in [6.07, 6.45) is 0.835. The molecule has 0 bridgehead atoms. The van der Waals surface area contributed by atoms with E-state index in [0.29, 0.717) is 11.7 Å². The van der Waals surface area contributed by atoms with Gasteiger partial charge in [0.2, 0.25) is 0 Å². The van der Waals surface area contributed by atoms with E-state index in [1.54, 1.807) is 0 Å². The lowest BCUT2D eigenvalue weighted by Crippen LogP contribution is -2.32. The average molecular weight is 404 g/mol. The molecule has 0 aliphatic carbocycles. The molecule has 0 spiro atoms. The molecule has 4 heteroatoms. The summed E-state index contributed by atoms with van der Waals surface area (Å²) >= 11 is 3.52. The number of amides is 1. The molecule has 0 heterocycles. The van der Waals surface area contributed by atoms with Crippen LogP contribution in [0.3, 0.4) is 0 Å². The van der Waals surface area contributed by atoms with Gasteiger partial charge in [0.05, 0.1) is 10.5 Å². The maximum Gasteiger partial charge on any atom is 0.258 e. The van der Waals surface area contributed by atoms with Crippen molar-refractivity contribution in [3.05, 3.63) is 63.6 Å². The topological polar surface area (TPSA) is 38.3 Å². The van der Waals surface area contributed by atoms with Crippen molar-refractivity contribution in [3.8, 4) is 5.75 Å². The number of hydrogen-bond acceptors (Lipinski definition) is 2. The SMILES string of the molecule is CC[C@@H](NC(=O)COc1ccc(C(C)C)cc1Br)c1ccc(C)cc1. The van der Waals surface area contributed by atoms with Gasteiger partial charge >= 0.3 is 0 Å². The minimum atomic E-state index is -0.118. The monoisotopic (exact) mass is 403 g/mol. The maximum atomic E-state index is 12.3. The van der Waals surface area contributed by atoms with Gasteiger partial charge in [-0.1, -0.05) is 56.7 Å². The molecule has 0 saturated heterocycles. The van der Waals surface area contributed by atoms with Crippen molar-refractivity contribution >= 4 is 21.8 Å². The number of hydrogen-bond donors (Lipinski definition) is 1. The highest BCUT2D eigenvalue weighted by Gasteiger charge is 2.14. The summed E-state index contributed by atoms with van der Waals surface area (Å²) in [5.74, 6) is 1.02. The molecule has 1 amide bonds. The molecule has 2 rings (SSSR count). The second-order valence-corrected chi connectivity index (χ2v) is 7.43. The summed E-state index contributed by atoms with van der Waals surface area (Å²) in [5, 5.41) is 3.04. The standard InChI is InChI=1S/C21H26BrNO2/c1-5-19(16-8-6-15(4)7-9-16)23-21(24)13-25-20-11-10-17(14(2)3)12-18(20)22/h6-12,14,19H,5,13H2,1-4H3,(H,23,24)/t19-/m1/s1. The van der Waals surface area contributed by atoms with Crippen molar-refractivity contribution in [2.75, 3.05) is 6.61 Å². The first-order valence-corrected chi connectivity index (χ1v) is 9.48. The highest BCUT2D eigenvalue weighted by atomic mass is 79.9. The van der Waals surface area contributed by atoms with Crippen LogP contribution in [0.2, 0.25) is 0 Å². The number of carbonyl (C=O) groups is 1. The lowest BCUT2D eigenvalue weighted by Gasteiger charge is -2.18. The number of aryl methyl sites for hydroxylation is 1. The number of carbonyl (C=O) groups excluding carboxylic acids is 1. The molecular formula is C21H26BrNO2. The summed E-state index contributed by atoms with van der Waals surface area (Å²) in [5.41, 5.74) is 3.56. The van der Waals surface area contributed by atoms with E-state index in [1.807, 2.05) is 18.2 Å². The Kier molecular flexibility index (Phi) is 7.06. The minimum Gasteiger partial charge on any atom is -0.483 e. The van der Waals surface area contributed by atoms with Crippen molar-refractivity contribution in [1.29, 1.82) is 0 Å². The molecule has 0 fully saturated rings. The van der Waals surface area contributed by atoms with Gasteiger partial charge in [-0.15, -0.1) is 0 Å². The molecule has 0 aliphatic rings. The molecule has 1 atom stereocenters. The zero-order valence-corrected chi connectivity index (χ0v) is 16.9. The molecule has 25 heavy (non-hydrogen) atoms. The molecule has 2 aromatic carbocycles. The van der Waals surface area contributed by atoms with Gasteiger partial charge < -0.3 is 10.1 Å². The minimum absolute atomic E-state index is 0.00197. The van der Waals surface area contributed by atoms with Gasteiger partial charge in [-0.3, -0.25) is 4.79 Å². The van der Waals surface area contributed by atoms with E-state index < -0.39 is 0 Å². The van der Waals surface area contributed by atoms with Crippen LogP contribution in [0.5, 0.6) is 5.75 Å². The Bertz CT molecular complexity index is 710. The van der Waals surface area contributed by atoms with Gasteiger partial charge in [0.1, 0.15) is 5.75 Å². The van der Waals surface area contributed by atoms with Crippen LogP contribution in [-0.2, 0) is 4.79 Å². The Labute approximate surface area is 158 Å². The van der Waals surface area contributed by atoms with Crippen molar-refractivity contribution in [3.63, 3.8) is 0 Å².